The van der Waals surface area contributed by atoms with E-state index in [0.29, 0.717) is 5.82 Å². The van der Waals surface area contributed by atoms with Gasteiger partial charge < -0.3 is 15.5 Å². The average molecular weight is 204 g/mol. The Labute approximate surface area is 80.4 Å². The number of halogens is 1. The molecular formula is C7H10ClN3O2. The maximum atomic E-state index is 8.76. The van der Waals surface area contributed by atoms with Gasteiger partial charge in [0.15, 0.2) is 0 Å². The summed E-state index contributed by atoms with van der Waals surface area (Å²) in [6, 6.07) is 1.18. The highest BCUT2D eigenvalue weighted by Crippen LogP contribution is 2.06. The molecule has 0 unspecified atom stereocenters. The van der Waals surface area contributed by atoms with Crippen LogP contribution in [0.1, 0.15) is 0 Å². The van der Waals surface area contributed by atoms with Crippen molar-refractivity contribution in [3.8, 4) is 0 Å². The zero-order valence-corrected chi connectivity index (χ0v) is 7.57. The summed E-state index contributed by atoms with van der Waals surface area (Å²) < 4.78 is 0. The van der Waals surface area contributed by atoms with Gasteiger partial charge in [-0.05, 0) is 17.7 Å². The topological polar surface area (TPSA) is 78.3 Å². The fourth-order valence-corrected chi connectivity index (χ4v) is 0.921. The third-order valence-corrected chi connectivity index (χ3v) is 1.60. The number of nitrogens with zero attached hydrogens (tertiary/aromatic N) is 2. The maximum Gasteiger partial charge on any atom is 0.224 e. The Balaban J connectivity index is 2.62. The van der Waals surface area contributed by atoms with Gasteiger partial charge in [0.2, 0.25) is 5.28 Å². The van der Waals surface area contributed by atoms with Crippen LogP contribution in [0.3, 0.4) is 0 Å². The van der Waals surface area contributed by atoms with Crippen molar-refractivity contribution in [1.29, 1.82) is 0 Å². The number of aliphatic hydroxyl groups is 2. The lowest BCUT2D eigenvalue weighted by atomic mass is 10.3. The molecule has 0 radical (unpaired) electrons. The highest BCUT2D eigenvalue weighted by Gasteiger charge is 2.05. The van der Waals surface area contributed by atoms with Crippen LogP contribution in [-0.2, 0) is 0 Å². The molecule has 13 heavy (non-hydrogen) atoms. The monoisotopic (exact) mass is 203 g/mol. The molecule has 1 aromatic heterocycles. The zero-order chi connectivity index (χ0) is 9.68. The molecule has 0 atom stereocenters. The van der Waals surface area contributed by atoms with Gasteiger partial charge in [-0.15, -0.1) is 0 Å². The van der Waals surface area contributed by atoms with Crippen molar-refractivity contribution in [2.45, 2.75) is 6.04 Å². The first-order valence-corrected chi connectivity index (χ1v) is 4.11. The van der Waals surface area contributed by atoms with Crippen molar-refractivity contribution in [3.05, 3.63) is 17.5 Å². The molecule has 1 heterocycles. The number of rotatable bonds is 4. The predicted octanol–water partition coefficient (Wildman–Crippen LogP) is -0.105. The van der Waals surface area contributed by atoms with Crippen molar-refractivity contribution >= 4 is 17.4 Å². The summed E-state index contributed by atoms with van der Waals surface area (Å²) >= 11 is 5.53. The molecule has 0 saturated carbocycles. The smallest absolute Gasteiger partial charge is 0.224 e. The number of anilines is 1. The Kier molecular flexibility index (Phi) is 3.88. The van der Waals surface area contributed by atoms with Crippen LogP contribution in [0.2, 0.25) is 5.28 Å². The van der Waals surface area contributed by atoms with Gasteiger partial charge >= 0.3 is 0 Å². The second-order valence-electron chi connectivity index (χ2n) is 2.42. The first kappa shape index (κ1) is 10.2. The van der Waals surface area contributed by atoms with E-state index in [4.69, 9.17) is 21.8 Å². The van der Waals surface area contributed by atoms with Crippen molar-refractivity contribution in [1.82, 2.24) is 9.97 Å². The number of hydrogen-bond acceptors (Lipinski definition) is 5. The Bertz CT molecular complexity index is 268. The largest absolute Gasteiger partial charge is 0.394 e. The van der Waals surface area contributed by atoms with E-state index in [9.17, 15) is 0 Å². The maximum absolute atomic E-state index is 8.76. The lowest BCUT2D eigenvalue weighted by Gasteiger charge is -2.13. The molecule has 0 aliphatic rings. The van der Waals surface area contributed by atoms with E-state index in [1.165, 1.54) is 6.20 Å². The van der Waals surface area contributed by atoms with Gasteiger partial charge in [-0.2, -0.15) is 0 Å². The molecule has 0 aliphatic heterocycles. The van der Waals surface area contributed by atoms with Crippen LogP contribution < -0.4 is 5.32 Å². The van der Waals surface area contributed by atoms with E-state index in [-0.39, 0.29) is 18.5 Å². The zero-order valence-electron chi connectivity index (χ0n) is 6.81. The molecule has 0 fully saturated rings. The number of aromatic nitrogens is 2. The molecule has 3 N–H and O–H groups in total. The molecule has 0 bridgehead atoms. The molecule has 6 heteroatoms. The molecule has 0 amide bonds. The summed E-state index contributed by atoms with van der Waals surface area (Å²) in [6.07, 6.45) is 1.49. The third-order valence-electron chi connectivity index (χ3n) is 1.42. The Morgan fingerprint density at radius 3 is 2.69 bits per heavy atom. The van der Waals surface area contributed by atoms with Crippen molar-refractivity contribution in [2.75, 3.05) is 18.5 Å². The fourth-order valence-electron chi connectivity index (χ4n) is 0.773. The first-order valence-electron chi connectivity index (χ1n) is 3.73. The van der Waals surface area contributed by atoms with Gasteiger partial charge in [0.25, 0.3) is 0 Å². The van der Waals surface area contributed by atoms with E-state index >= 15 is 0 Å². The Morgan fingerprint density at radius 1 is 1.46 bits per heavy atom. The summed E-state index contributed by atoms with van der Waals surface area (Å²) in [4.78, 5) is 7.52. The van der Waals surface area contributed by atoms with Crippen LogP contribution in [0, 0.1) is 0 Å². The summed E-state index contributed by atoms with van der Waals surface area (Å²) in [7, 11) is 0. The molecule has 1 rings (SSSR count). The third kappa shape index (κ3) is 3.14. The molecule has 0 spiro atoms. The van der Waals surface area contributed by atoms with Gasteiger partial charge in [-0.3, -0.25) is 0 Å². The van der Waals surface area contributed by atoms with Gasteiger partial charge in [0.1, 0.15) is 5.82 Å². The summed E-state index contributed by atoms with van der Waals surface area (Å²) in [5.41, 5.74) is 0. The van der Waals surface area contributed by atoms with Crippen LogP contribution in [0.15, 0.2) is 12.3 Å². The number of aliphatic hydroxyl groups excluding tert-OH is 2. The van der Waals surface area contributed by atoms with Crippen molar-refractivity contribution in [2.24, 2.45) is 0 Å². The molecule has 0 aromatic carbocycles. The summed E-state index contributed by atoms with van der Waals surface area (Å²) in [6.45, 7) is -0.337. The lowest BCUT2D eigenvalue weighted by Crippen LogP contribution is -2.28. The second kappa shape index (κ2) is 4.96. The molecule has 0 saturated heterocycles. The molecule has 72 valence electrons. The molecule has 0 aliphatic carbocycles. The number of hydrogen-bond donors (Lipinski definition) is 3. The predicted molar refractivity (Wildman–Crippen MR) is 48.6 cm³/mol. The minimum absolute atomic E-state index is 0.125. The SMILES string of the molecule is OCC(CO)Nc1ccnc(Cl)n1. The van der Waals surface area contributed by atoms with Crippen LogP contribution in [0.5, 0.6) is 0 Å². The lowest BCUT2D eigenvalue weighted by molar-refractivity contribution is 0.203. The summed E-state index contributed by atoms with van der Waals surface area (Å²) in [5, 5.41) is 20.4. The van der Waals surface area contributed by atoms with Crippen LogP contribution in [-0.4, -0.2) is 39.4 Å². The fraction of sp³-hybridized carbons (Fsp3) is 0.429. The molecule has 5 nitrogen and oxygen atoms in total. The van der Waals surface area contributed by atoms with Crippen molar-refractivity contribution < 1.29 is 10.2 Å². The van der Waals surface area contributed by atoms with E-state index in [1.54, 1.807) is 6.07 Å². The minimum Gasteiger partial charge on any atom is -0.394 e. The Morgan fingerprint density at radius 2 is 2.15 bits per heavy atom. The highest BCUT2D eigenvalue weighted by atomic mass is 35.5. The van der Waals surface area contributed by atoms with Gasteiger partial charge in [-0.1, -0.05) is 0 Å². The van der Waals surface area contributed by atoms with Gasteiger partial charge in [-0.25, -0.2) is 9.97 Å². The second-order valence-corrected chi connectivity index (χ2v) is 2.76. The van der Waals surface area contributed by atoms with Crippen LogP contribution in [0.25, 0.3) is 0 Å². The van der Waals surface area contributed by atoms with E-state index < -0.39 is 6.04 Å². The standard InChI is InChI=1S/C7H10ClN3O2/c8-7-9-2-1-6(11-7)10-5(3-12)4-13/h1-2,5,12-13H,3-4H2,(H,9,10,11). The average Bonchev–Trinajstić information content (AvgIpc) is 2.14. The van der Waals surface area contributed by atoms with E-state index in [0.717, 1.165) is 0 Å². The van der Waals surface area contributed by atoms with Crippen LogP contribution >= 0.6 is 11.6 Å². The first-order chi connectivity index (χ1) is 6.26. The number of nitrogens with one attached hydrogen (secondary N) is 1. The van der Waals surface area contributed by atoms with E-state index in [2.05, 4.69) is 15.3 Å². The van der Waals surface area contributed by atoms with Gasteiger partial charge in [0, 0.05) is 6.20 Å². The normalized spacial score (nSPS) is 10.5. The van der Waals surface area contributed by atoms with Crippen LogP contribution in [0.4, 0.5) is 5.82 Å². The highest BCUT2D eigenvalue weighted by molar-refractivity contribution is 6.28. The molecule has 1 aromatic rings. The Hall–Kier alpha value is -0.910. The minimum atomic E-state index is -0.425. The van der Waals surface area contributed by atoms with Gasteiger partial charge in [0.05, 0.1) is 19.3 Å². The molecular weight excluding hydrogens is 194 g/mol. The van der Waals surface area contributed by atoms with E-state index in [1.807, 2.05) is 0 Å². The summed E-state index contributed by atoms with van der Waals surface area (Å²) in [5.74, 6) is 0.480. The van der Waals surface area contributed by atoms with Crippen molar-refractivity contribution in [3.63, 3.8) is 0 Å². The quantitative estimate of drug-likeness (QED) is 0.596.